The van der Waals surface area contributed by atoms with E-state index in [1.165, 1.54) is 10.5 Å². The lowest BCUT2D eigenvalue weighted by Crippen LogP contribution is -2.39. The molecule has 0 heterocycles. The van der Waals surface area contributed by atoms with Gasteiger partial charge in [0.05, 0.1) is 5.41 Å². The molecule has 0 unspecified atom stereocenters. The zero-order chi connectivity index (χ0) is 18.9. The summed E-state index contributed by atoms with van der Waals surface area (Å²) >= 11 is 1.71. The van der Waals surface area contributed by atoms with Crippen molar-refractivity contribution in [3.63, 3.8) is 0 Å². The first-order valence-electron chi connectivity index (χ1n) is 9.36. The number of thioether (sulfide) groups is 1. The van der Waals surface area contributed by atoms with Gasteiger partial charge in [0, 0.05) is 28.1 Å². The van der Waals surface area contributed by atoms with Crippen molar-refractivity contribution in [1.82, 2.24) is 0 Å². The van der Waals surface area contributed by atoms with Crippen molar-refractivity contribution in [2.45, 2.75) is 64.4 Å². The summed E-state index contributed by atoms with van der Waals surface area (Å²) in [5.41, 5.74) is 1.49. The van der Waals surface area contributed by atoms with Gasteiger partial charge in [0.25, 0.3) is 0 Å². The maximum atomic E-state index is 12.6. The van der Waals surface area contributed by atoms with Crippen molar-refractivity contribution in [3.05, 3.63) is 41.5 Å². The molecule has 26 heavy (non-hydrogen) atoms. The molecule has 0 aliphatic heterocycles. The number of Topliss-reactive ketones (excluding diaryl/α,β-unsaturated/α-hetero) is 1. The van der Waals surface area contributed by atoms with Crippen LogP contribution in [0.1, 0.15) is 53.4 Å². The Labute approximate surface area is 160 Å². The molecule has 2 atom stereocenters. The fraction of sp³-hybridized carbons (Fsp3) is 0.545. The van der Waals surface area contributed by atoms with E-state index in [1.807, 2.05) is 39.0 Å². The lowest BCUT2D eigenvalue weighted by Gasteiger charge is -2.37. The predicted molar refractivity (Wildman–Crippen MR) is 105 cm³/mol. The fourth-order valence-corrected chi connectivity index (χ4v) is 4.90. The Morgan fingerprint density at radius 1 is 1.23 bits per heavy atom. The topological polar surface area (TPSA) is 43.4 Å². The van der Waals surface area contributed by atoms with Crippen molar-refractivity contribution < 1.29 is 14.3 Å². The van der Waals surface area contributed by atoms with Crippen LogP contribution in [-0.4, -0.2) is 23.6 Å². The third-order valence-electron chi connectivity index (χ3n) is 5.62. The van der Waals surface area contributed by atoms with Gasteiger partial charge in [-0.05, 0) is 52.2 Å². The zero-order valence-electron chi connectivity index (χ0n) is 16.1. The highest BCUT2D eigenvalue weighted by Gasteiger charge is 2.49. The molecule has 0 spiro atoms. The average Bonchev–Trinajstić information content (AvgIpc) is 2.91. The van der Waals surface area contributed by atoms with Gasteiger partial charge in [-0.15, -0.1) is 11.8 Å². The average molecular weight is 373 g/mol. The highest BCUT2D eigenvalue weighted by atomic mass is 32.2. The highest BCUT2D eigenvalue weighted by molar-refractivity contribution is 7.99. The molecule has 1 fully saturated rings. The Hall–Kier alpha value is -1.55. The zero-order valence-corrected chi connectivity index (χ0v) is 16.9. The molecule has 0 radical (unpaired) electrons. The second kappa shape index (κ2) is 7.22. The van der Waals surface area contributed by atoms with Crippen molar-refractivity contribution >= 4 is 23.5 Å². The molecule has 2 aliphatic rings. The second-order valence-electron chi connectivity index (χ2n) is 8.58. The van der Waals surface area contributed by atoms with E-state index < -0.39 is 5.41 Å². The first-order valence-corrected chi connectivity index (χ1v) is 10.3. The Morgan fingerprint density at radius 3 is 2.58 bits per heavy atom. The first-order chi connectivity index (χ1) is 12.2. The van der Waals surface area contributed by atoms with Gasteiger partial charge in [0.1, 0.15) is 6.10 Å². The minimum absolute atomic E-state index is 0.117. The van der Waals surface area contributed by atoms with Crippen LogP contribution in [0.15, 0.2) is 46.4 Å². The van der Waals surface area contributed by atoms with Gasteiger partial charge in [-0.2, -0.15) is 0 Å². The van der Waals surface area contributed by atoms with Gasteiger partial charge in [-0.25, -0.2) is 0 Å². The van der Waals surface area contributed by atoms with E-state index in [0.717, 1.165) is 24.8 Å². The number of ketones is 1. The normalized spacial score (nSPS) is 26.0. The minimum atomic E-state index is -0.501. The quantitative estimate of drug-likeness (QED) is 0.538. The SMILES string of the molecule is CC(C)(C)C(=O)O[C@H]1CCC2=C(CSc3ccccc3)C(=O)CC[C@@]21C. The van der Waals surface area contributed by atoms with Gasteiger partial charge in [0.15, 0.2) is 5.78 Å². The van der Waals surface area contributed by atoms with Crippen LogP contribution in [0.2, 0.25) is 0 Å². The van der Waals surface area contributed by atoms with Crippen molar-refractivity contribution in [1.29, 1.82) is 0 Å². The molecule has 0 saturated heterocycles. The number of benzene rings is 1. The summed E-state index contributed by atoms with van der Waals surface area (Å²) in [5, 5.41) is 0. The summed E-state index contributed by atoms with van der Waals surface area (Å²) in [7, 11) is 0. The van der Waals surface area contributed by atoms with Gasteiger partial charge < -0.3 is 4.74 Å². The summed E-state index contributed by atoms with van der Waals surface area (Å²) in [6.07, 6.45) is 2.89. The predicted octanol–water partition coefficient (Wildman–Crippen LogP) is 5.20. The minimum Gasteiger partial charge on any atom is -0.461 e. The molecule has 4 heteroatoms. The second-order valence-corrected chi connectivity index (χ2v) is 9.63. The third kappa shape index (κ3) is 3.75. The molecule has 0 aromatic heterocycles. The third-order valence-corrected chi connectivity index (χ3v) is 6.66. The number of fused-ring (bicyclic) bond motifs is 1. The Morgan fingerprint density at radius 2 is 1.92 bits per heavy atom. The molecule has 3 nitrogen and oxygen atoms in total. The lowest BCUT2D eigenvalue weighted by molar-refractivity contribution is -0.163. The molecule has 1 saturated carbocycles. The van der Waals surface area contributed by atoms with Gasteiger partial charge in [0.2, 0.25) is 0 Å². The number of hydrogen-bond donors (Lipinski definition) is 0. The molecule has 1 aromatic rings. The molecular formula is C22H28O3S. The van der Waals surface area contributed by atoms with Crippen LogP contribution in [0.4, 0.5) is 0 Å². The summed E-state index contributed by atoms with van der Waals surface area (Å²) < 4.78 is 5.90. The van der Waals surface area contributed by atoms with E-state index in [9.17, 15) is 9.59 Å². The van der Waals surface area contributed by atoms with Crippen LogP contribution in [0.3, 0.4) is 0 Å². The number of ether oxygens (including phenoxy) is 1. The van der Waals surface area contributed by atoms with Crippen LogP contribution in [-0.2, 0) is 14.3 Å². The van der Waals surface area contributed by atoms with Gasteiger partial charge in [-0.3, -0.25) is 9.59 Å². The van der Waals surface area contributed by atoms with Crippen LogP contribution >= 0.6 is 11.8 Å². The molecule has 0 amide bonds. The fourth-order valence-electron chi connectivity index (χ4n) is 3.91. The number of hydrogen-bond acceptors (Lipinski definition) is 4. The maximum Gasteiger partial charge on any atom is 0.311 e. The largest absolute Gasteiger partial charge is 0.461 e. The lowest BCUT2D eigenvalue weighted by atomic mass is 9.71. The van der Waals surface area contributed by atoms with E-state index in [0.29, 0.717) is 12.2 Å². The van der Waals surface area contributed by atoms with Crippen LogP contribution in [0, 0.1) is 10.8 Å². The van der Waals surface area contributed by atoms with E-state index in [-0.39, 0.29) is 23.3 Å². The summed E-state index contributed by atoms with van der Waals surface area (Å²) in [5.74, 6) is 0.819. The number of rotatable bonds is 4. The van der Waals surface area contributed by atoms with Crippen molar-refractivity contribution in [3.8, 4) is 0 Å². The summed E-state index contributed by atoms with van der Waals surface area (Å²) in [6.45, 7) is 7.83. The van der Waals surface area contributed by atoms with E-state index in [1.54, 1.807) is 11.8 Å². The highest BCUT2D eigenvalue weighted by Crippen LogP contribution is 2.52. The smallest absolute Gasteiger partial charge is 0.311 e. The summed E-state index contributed by atoms with van der Waals surface area (Å²) in [6, 6.07) is 10.2. The first kappa shape index (κ1) is 19.2. The number of carbonyl (C=O) groups excluding carboxylic acids is 2. The monoisotopic (exact) mass is 372 g/mol. The summed E-state index contributed by atoms with van der Waals surface area (Å²) in [4.78, 5) is 26.2. The Balaban J connectivity index is 1.81. The molecule has 1 aromatic carbocycles. The van der Waals surface area contributed by atoms with Crippen LogP contribution < -0.4 is 0 Å². The van der Waals surface area contributed by atoms with Crippen LogP contribution in [0.5, 0.6) is 0 Å². The van der Waals surface area contributed by atoms with Gasteiger partial charge in [-0.1, -0.05) is 30.7 Å². The standard InChI is InChI=1S/C22H28O3S/c1-21(2,3)20(24)25-19-11-10-17-16(18(23)12-13-22(17,19)4)14-26-15-8-6-5-7-9-15/h5-9,19H,10-14H2,1-4H3/t19-,22-/m0/s1. The Bertz CT molecular complexity index is 730. The van der Waals surface area contributed by atoms with Crippen LogP contribution in [0.25, 0.3) is 0 Å². The number of esters is 1. The Kier molecular flexibility index (Phi) is 5.34. The van der Waals surface area contributed by atoms with Crippen molar-refractivity contribution in [2.75, 3.05) is 5.75 Å². The maximum absolute atomic E-state index is 12.6. The van der Waals surface area contributed by atoms with Gasteiger partial charge >= 0.3 is 5.97 Å². The molecule has 3 rings (SSSR count). The van der Waals surface area contributed by atoms with E-state index in [4.69, 9.17) is 4.74 Å². The number of carbonyl (C=O) groups is 2. The molecule has 0 N–H and O–H groups in total. The molecule has 140 valence electrons. The molecule has 2 aliphatic carbocycles. The van der Waals surface area contributed by atoms with E-state index >= 15 is 0 Å². The molecule has 0 bridgehead atoms. The van der Waals surface area contributed by atoms with E-state index in [2.05, 4.69) is 19.1 Å². The molecular weight excluding hydrogens is 344 g/mol. The van der Waals surface area contributed by atoms with Crippen molar-refractivity contribution in [2.24, 2.45) is 10.8 Å².